The Bertz CT molecular complexity index is 687. The number of halogens is 2. The van der Waals surface area contributed by atoms with Crippen LogP contribution < -0.4 is 0 Å². The molecular formula is C13H12F2N6O. The van der Waals surface area contributed by atoms with Gasteiger partial charge in [-0.3, -0.25) is 0 Å². The number of nitrogens with zero attached hydrogens (tertiary/aromatic N) is 6. The first-order valence-corrected chi connectivity index (χ1v) is 6.41. The molecule has 3 rings (SSSR count). The van der Waals surface area contributed by atoms with Crippen LogP contribution in [0.3, 0.4) is 0 Å². The summed E-state index contributed by atoms with van der Waals surface area (Å²) in [6.07, 6.45) is 5.60. The molecular weight excluding hydrogens is 294 g/mol. The first kappa shape index (κ1) is 14.3. The topological polar surface area (TPSA) is 81.6 Å². The van der Waals surface area contributed by atoms with Gasteiger partial charge in [-0.2, -0.15) is 20.1 Å². The van der Waals surface area contributed by atoms with E-state index in [9.17, 15) is 13.9 Å². The van der Waals surface area contributed by atoms with E-state index in [1.807, 2.05) is 0 Å². The summed E-state index contributed by atoms with van der Waals surface area (Å²) < 4.78 is 28.4. The summed E-state index contributed by atoms with van der Waals surface area (Å²) >= 11 is 0. The van der Waals surface area contributed by atoms with Crippen LogP contribution in [0.5, 0.6) is 0 Å². The van der Waals surface area contributed by atoms with Crippen molar-refractivity contribution in [1.82, 2.24) is 29.8 Å². The Morgan fingerprint density at radius 3 is 2.27 bits per heavy atom. The molecule has 0 aliphatic heterocycles. The zero-order valence-corrected chi connectivity index (χ0v) is 11.3. The van der Waals surface area contributed by atoms with E-state index in [4.69, 9.17) is 0 Å². The van der Waals surface area contributed by atoms with Crippen molar-refractivity contribution < 1.29 is 13.9 Å². The van der Waals surface area contributed by atoms with E-state index in [-0.39, 0.29) is 18.7 Å². The Morgan fingerprint density at radius 2 is 1.68 bits per heavy atom. The van der Waals surface area contributed by atoms with Gasteiger partial charge in [0.1, 0.15) is 29.9 Å². The molecule has 0 saturated heterocycles. The van der Waals surface area contributed by atoms with Gasteiger partial charge in [-0.15, -0.1) is 0 Å². The Labute approximate surface area is 123 Å². The van der Waals surface area contributed by atoms with Crippen LogP contribution in [0.2, 0.25) is 0 Å². The highest BCUT2D eigenvalue weighted by Gasteiger charge is 2.33. The molecule has 1 atom stereocenters. The van der Waals surface area contributed by atoms with Crippen LogP contribution in [0.1, 0.15) is 5.56 Å². The highest BCUT2D eigenvalue weighted by Crippen LogP contribution is 2.26. The van der Waals surface area contributed by atoms with Crippen molar-refractivity contribution >= 4 is 0 Å². The van der Waals surface area contributed by atoms with Gasteiger partial charge in [-0.25, -0.2) is 18.4 Å². The van der Waals surface area contributed by atoms with E-state index >= 15 is 0 Å². The van der Waals surface area contributed by atoms with Gasteiger partial charge in [0, 0.05) is 6.07 Å². The van der Waals surface area contributed by atoms with Crippen LogP contribution in [0.15, 0.2) is 43.2 Å². The minimum absolute atomic E-state index is 0.0581. The summed E-state index contributed by atoms with van der Waals surface area (Å²) in [4.78, 5) is 5.02. The van der Waals surface area contributed by atoms with Gasteiger partial charge in [0.05, 0.1) is 25.5 Å². The molecule has 2 heterocycles. The van der Waals surface area contributed by atoms with Crippen molar-refractivity contribution in [2.24, 2.45) is 0 Å². The molecule has 7 nitrogen and oxygen atoms in total. The average molecular weight is 306 g/mol. The average Bonchev–Trinajstić information content (AvgIpc) is 3.11. The summed E-state index contributed by atoms with van der Waals surface area (Å²) in [5.74, 6) is -1.55. The molecule has 22 heavy (non-hydrogen) atoms. The maximum atomic E-state index is 13.5. The number of rotatable bonds is 5. The van der Waals surface area contributed by atoms with E-state index in [1.54, 1.807) is 0 Å². The first-order chi connectivity index (χ1) is 10.5. The smallest absolute Gasteiger partial charge is 0.137 e. The number of aromatic nitrogens is 6. The molecule has 114 valence electrons. The predicted octanol–water partition coefficient (Wildman–Crippen LogP) is 0.736. The Kier molecular flexibility index (Phi) is 3.63. The van der Waals surface area contributed by atoms with Crippen molar-refractivity contribution in [3.05, 3.63) is 60.4 Å². The van der Waals surface area contributed by atoms with E-state index < -0.39 is 17.2 Å². The van der Waals surface area contributed by atoms with Crippen molar-refractivity contribution in [2.75, 3.05) is 0 Å². The standard InChI is InChI=1S/C13H12F2N6O/c14-11-3-10(4-12(15)5-11)13(22,6-20-9-16-8-19-20)7-21-17-1-2-18-21/h1-5,8-9,22H,6-7H2. The Balaban J connectivity index is 2.00. The molecule has 0 aliphatic carbocycles. The predicted molar refractivity (Wildman–Crippen MR) is 70.3 cm³/mol. The SMILES string of the molecule is OC(Cn1cncn1)(Cn1nccn1)c1cc(F)cc(F)c1. The minimum atomic E-state index is -1.66. The van der Waals surface area contributed by atoms with E-state index in [2.05, 4.69) is 20.3 Å². The summed E-state index contributed by atoms with van der Waals surface area (Å²) in [5.41, 5.74) is -1.59. The van der Waals surface area contributed by atoms with Crippen molar-refractivity contribution in [3.63, 3.8) is 0 Å². The van der Waals surface area contributed by atoms with Crippen molar-refractivity contribution in [2.45, 2.75) is 18.7 Å². The minimum Gasteiger partial charge on any atom is -0.381 e. The molecule has 0 amide bonds. The van der Waals surface area contributed by atoms with Crippen LogP contribution in [-0.2, 0) is 18.7 Å². The lowest BCUT2D eigenvalue weighted by atomic mass is 9.93. The molecule has 0 spiro atoms. The zero-order chi connectivity index (χ0) is 15.6. The highest BCUT2D eigenvalue weighted by atomic mass is 19.1. The number of hydrogen-bond acceptors (Lipinski definition) is 5. The molecule has 0 aliphatic rings. The fourth-order valence-corrected chi connectivity index (χ4v) is 2.20. The van der Waals surface area contributed by atoms with Crippen LogP contribution in [0.25, 0.3) is 0 Å². The molecule has 3 aromatic rings. The van der Waals surface area contributed by atoms with Gasteiger partial charge in [0.15, 0.2) is 0 Å². The lowest BCUT2D eigenvalue weighted by Crippen LogP contribution is -2.37. The maximum absolute atomic E-state index is 13.5. The van der Waals surface area contributed by atoms with E-state index in [1.165, 1.54) is 34.5 Å². The summed E-state index contributed by atoms with van der Waals surface area (Å²) in [6.45, 7) is -0.153. The second-order valence-corrected chi connectivity index (χ2v) is 4.84. The highest BCUT2D eigenvalue weighted by molar-refractivity contribution is 5.24. The van der Waals surface area contributed by atoms with Crippen molar-refractivity contribution in [1.29, 1.82) is 0 Å². The third kappa shape index (κ3) is 2.98. The Morgan fingerprint density at radius 1 is 1.00 bits per heavy atom. The van der Waals surface area contributed by atoms with E-state index in [0.717, 1.165) is 18.2 Å². The first-order valence-electron chi connectivity index (χ1n) is 6.41. The number of benzene rings is 1. The molecule has 0 saturated carbocycles. The molecule has 2 aromatic heterocycles. The third-order valence-corrected chi connectivity index (χ3v) is 3.16. The molecule has 0 radical (unpaired) electrons. The lowest BCUT2D eigenvalue weighted by molar-refractivity contribution is -0.00951. The third-order valence-electron chi connectivity index (χ3n) is 3.16. The van der Waals surface area contributed by atoms with Crippen LogP contribution in [-0.4, -0.2) is 34.9 Å². The van der Waals surface area contributed by atoms with Gasteiger partial charge < -0.3 is 5.11 Å². The zero-order valence-electron chi connectivity index (χ0n) is 11.3. The quantitative estimate of drug-likeness (QED) is 0.752. The largest absolute Gasteiger partial charge is 0.381 e. The summed E-state index contributed by atoms with van der Waals surface area (Å²) in [5, 5.41) is 22.7. The maximum Gasteiger partial charge on any atom is 0.137 e. The molecule has 0 bridgehead atoms. The number of hydrogen-bond donors (Lipinski definition) is 1. The van der Waals surface area contributed by atoms with Gasteiger partial charge in [-0.1, -0.05) is 0 Å². The van der Waals surface area contributed by atoms with Gasteiger partial charge in [-0.05, 0) is 17.7 Å². The van der Waals surface area contributed by atoms with Crippen molar-refractivity contribution in [3.8, 4) is 0 Å². The summed E-state index contributed by atoms with van der Waals surface area (Å²) in [7, 11) is 0. The molecule has 1 aromatic carbocycles. The normalized spacial score (nSPS) is 14.0. The lowest BCUT2D eigenvalue weighted by Gasteiger charge is -2.28. The van der Waals surface area contributed by atoms with Gasteiger partial charge in [0.25, 0.3) is 0 Å². The molecule has 1 unspecified atom stereocenters. The molecule has 1 N–H and O–H groups in total. The summed E-state index contributed by atoms with van der Waals surface area (Å²) in [6, 6.07) is 2.89. The number of aliphatic hydroxyl groups is 1. The fourth-order valence-electron chi connectivity index (χ4n) is 2.20. The van der Waals surface area contributed by atoms with Crippen LogP contribution in [0, 0.1) is 11.6 Å². The van der Waals surface area contributed by atoms with Gasteiger partial charge >= 0.3 is 0 Å². The monoisotopic (exact) mass is 306 g/mol. The van der Waals surface area contributed by atoms with Crippen LogP contribution >= 0.6 is 0 Å². The van der Waals surface area contributed by atoms with E-state index in [0.29, 0.717) is 0 Å². The Hall–Kier alpha value is -2.68. The second-order valence-electron chi connectivity index (χ2n) is 4.84. The molecule has 9 heteroatoms. The van der Waals surface area contributed by atoms with Crippen LogP contribution in [0.4, 0.5) is 8.78 Å². The second kappa shape index (κ2) is 5.60. The molecule has 0 fully saturated rings. The fraction of sp³-hybridized carbons (Fsp3) is 0.231. The van der Waals surface area contributed by atoms with Gasteiger partial charge in [0.2, 0.25) is 0 Å².